The highest BCUT2D eigenvalue weighted by Crippen LogP contribution is 2.12. The van der Waals surface area contributed by atoms with Crippen LogP contribution in [0.2, 0.25) is 0 Å². The van der Waals surface area contributed by atoms with Crippen molar-refractivity contribution in [2.45, 2.75) is 39.5 Å². The van der Waals surface area contributed by atoms with Crippen molar-refractivity contribution >= 4 is 6.09 Å². The highest BCUT2D eigenvalue weighted by Gasteiger charge is 2.16. The number of rotatable bonds is 8. The third-order valence-corrected chi connectivity index (χ3v) is 2.65. The lowest BCUT2D eigenvalue weighted by Crippen LogP contribution is -2.35. The Hall–Kier alpha value is -1.71. The first-order valence-electron chi connectivity index (χ1n) is 6.95. The summed E-state index contributed by atoms with van der Waals surface area (Å²) in [5.41, 5.74) is 0. The van der Waals surface area contributed by atoms with Crippen molar-refractivity contribution in [1.82, 2.24) is 5.06 Å². The number of unbranched alkanes of at least 4 members (excludes halogenated alkanes) is 3. The van der Waals surface area contributed by atoms with Crippen molar-refractivity contribution in [2.24, 2.45) is 0 Å². The van der Waals surface area contributed by atoms with Gasteiger partial charge in [0.25, 0.3) is 0 Å². The van der Waals surface area contributed by atoms with Crippen LogP contribution >= 0.6 is 0 Å². The maximum atomic E-state index is 11.8. The van der Waals surface area contributed by atoms with Gasteiger partial charge in [0.05, 0.1) is 13.2 Å². The van der Waals surface area contributed by atoms with Gasteiger partial charge in [-0.05, 0) is 25.5 Å². The first-order chi connectivity index (χ1) is 9.27. The van der Waals surface area contributed by atoms with E-state index in [0.29, 0.717) is 18.9 Å². The van der Waals surface area contributed by atoms with Gasteiger partial charge in [0.1, 0.15) is 0 Å². The molecule has 0 atom stereocenters. The smallest absolute Gasteiger partial charge is 0.443 e. The lowest BCUT2D eigenvalue weighted by Gasteiger charge is -2.21. The van der Waals surface area contributed by atoms with Crippen molar-refractivity contribution in [3.8, 4) is 5.75 Å². The molecule has 1 amide bonds. The number of hydroxylamine groups is 2. The quantitative estimate of drug-likeness (QED) is 0.526. The van der Waals surface area contributed by atoms with Crippen LogP contribution in [-0.4, -0.2) is 24.3 Å². The summed E-state index contributed by atoms with van der Waals surface area (Å²) in [7, 11) is 0. The highest BCUT2D eigenvalue weighted by molar-refractivity contribution is 5.66. The van der Waals surface area contributed by atoms with Gasteiger partial charge in [0.2, 0.25) is 0 Å². The molecule has 0 radical (unpaired) electrons. The topological polar surface area (TPSA) is 38.8 Å². The van der Waals surface area contributed by atoms with E-state index in [0.717, 1.165) is 12.8 Å². The summed E-state index contributed by atoms with van der Waals surface area (Å²) in [4.78, 5) is 17.4. The predicted molar refractivity (Wildman–Crippen MR) is 74.9 cm³/mol. The Morgan fingerprint density at radius 3 is 2.47 bits per heavy atom. The molecular weight excluding hydrogens is 242 g/mol. The predicted octanol–water partition coefficient (Wildman–Crippen LogP) is 4.02. The van der Waals surface area contributed by atoms with Crippen LogP contribution in [0.3, 0.4) is 0 Å². The van der Waals surface area contributed by atoms with Gasteiger partial charge in [-0.1, -0.05) is 44.4 Å². The largest absolute Gasteiger partial charge is 0.448 e. The Bertz CT molecular complexity index is 354. The molecule has 0 fully saturated rings. The van der Waals surface area contributed by atoms with Gasteiger partial charge in [-0.3, -0.25) is 0 Å². The molecule has 1 aromatic carbocycles. The molecular formula is C15H23NO3. The van der Waals surface area contributed by atoms with Gasteiger partial charge in [-0.2, -0.15) is 0 Å². The molecule has 0 unspecified atom stereocenters. The summed E-state index contributed by atoms with van der Waals surface area (Å²) in [6.45, 7) is 4.84. The summed E-state index contributed by atoms with van der Waals surface area (Å²) >= 11 is 0. The Morgan fingerprint density at radius 1 is 1.11 bits per heavy atom. The van der Waals surface area contributed by atoms with Gasteiger partial charge < -0.3 is 9.57 Å². The van der Waals surface area contributed by atoms with Crippen molar-refractivity contribution in [1.29, 1.82) is 0 Å². The minimum atomic E-state index is -0.428. The third-order valence-electron chi connectivity index (χ3n) is 2.65. The first-order valence-corrected chi connectivity index (χ1v) is 6.95. The van der Waals surface area contributed by atoms with Crippen LogP contribution in [0, 0.1) is 0 Å². The fraction of sp³-hybridized carbons (Fsp3) is 0.533. The molecule has 4 nitrogen and oxygen atoms in total. The standard InChI is InChI=1S/C15H23NO3/c1-3-5-6-10-13-16(15(17)18-4-2)19-14-11-8-7-9-12-14/h7-9,11-12H,3-6,10,13H2,1-2H3. The second-order valence-corrected chi connectivity index (χ2v) is 4.27. The van der Waals surface area contributed by atoms with E-state index in [1.165, 1.54) is 17.9 Å². The molecule has 0 bridgehead atoms. The van der Waals surface area contributed by atoms with Crippen LogP contribution in [0.1, 0.15) is 39.5 Å². The minimum Gasteiger partial charge on any atom is -0.448 e. The van der Waals surface area contributed by atoms with Crippen LogP contribution < -0.4 is 4.84 Å². The van der Waals surface area contributed by atoms with Crippen molar-refractivity contribution in [3.05, 3.63) is 30.3 Å². The van der Waals surface area contributed by atoms with Gasteiger partial charge in [-0.15, -0.1) is 5.06 Å². The lowest BCUT2D eigenvalue weighted by molar-refractivity contribution is -0.0479. The normalized spacial score (nSPS) is 10.0. The van der Waals surface area contributed by atoms with Crippen molar-refractivity contribution < 1.29 is 14.4 Å². The molecule has 0 saturated carbocycles. The molecule has 0 heterocycles. The molecule has 0 spiro atoms. The monoisotopic (exact) mass is 265 g/mol. The van der Waals surface area contributed by atoms with Gasteiger partial charge in [-0.25, -0.2) is 4.79 Å². The summed E-state index contributed by atoms with van der Waals surface area (Å²) in [5.74, 6) is 0.644. The minimum absolute atomic E-state index is 0.350. The van der Waals surface area contributed by atoms with E-state index in [2.05, 4.69) is 6.92 Å². The van der Waals surface area contributed by atoms with Crippen molar-refractivity contribution in [2.75, 3.05) is 13.2 Å². The number of hydrogen-bond donors (Lipinski definition) is 0. The molecule has 0 aliphatic rings. The summed E-state index contributed by atoms with van der Waals surface area (Å²) in [5, 5.41) is 1.30. The maximum Gasteiger partial charge on any atom is 0.443 e. The van der Waals surface area contributed by atoms with E-state index in [1.54, 1.807) is 6.92 Å². The number of hydrogen-bond acceptors (Lipinski definition) is 3. The van der Waals surface area contributed by atoms with E-state index in [9.17, 15) is 4.79 Å². The molecule has 0 aliphatic heterocycles. The van der Waals surface area contributed by atoms with E-state index in [4.69, 9.17) is 9.57 Å². The highest BCUT2D eigenvalue weighted by atomic mass is 16.7. The van der Waals surface area contributed by atoms with Gasteiger partial charge >= 0.3 is 6.09 Å². The van der Waals surface area contributed by atoms with Crippen LogP contribution in [0.25, 0.3) is 0 Å². The Labute approximate surface area is 115 Å². The summed E-state index contributed by atoms with van der Waals surface area (Å²) < 4.78 is 5.00. The molecule has 0 aliphatic carbocycles. The van der Waals surface area contributed by atoms with Gasteiger partial charge in [0, 0.05) is 0 Å². The second kappa shape index (κ2) is 9.25. The number of benzene rings is 1. The zero-order valence-corrected chi connectivity index (χ0v) is 11.8. The van der Waals surface area contributed by atoms with Crippen LogP contribution in [0.4, 0.5) is 4.79 Å². The summed E-state index contributed by atoms with van der Waals surface area (Å²) in [6.07, 6.45) is 3.91. The van der Waals surface area contributed by atoms with E-state index >= 15 is 0 Å². The molecule has 0 saturated heterocycles. The number of amides is 1. The van der Waals surface area contributed by atoms with Crippen molar-refractivity contribution in [3.63, 3.8) is 0 Å². The average Bonchev–Trinajstić information content (AvgIpc) is 2.43. The number of para-hydroxylation sites is 1. The number of carbonyl (C=O) groups excluding carboxylic acids is 1. The molecule has 1 rings (SSSR count). The molecule has 4 heteroatoms. The maximum absolute atomic E-state index is 11.8. The number of carbonyl (C=O) groups is 1. The fourth-order valence-electron chi connectivity index (χ4n) is 1.66. The molecule has 0 aromatic heterocycles. The third kappa shape index (κ3) is 6.13. The average molecular weight is 265 g/mol. The molecule has 106 valence electrons. The zero-order chi connectivity index (χ0) is 13.9. The zero-order valence-electron chi connectivity index (χ0n) is 11.8. The van der Waals surface area contributed by atoms with E-state index in [-0.39, 0.29) is 0 Å². The number of ether oxygens (including phenoxy) is 1. The first kappa shape index (κ1) is 15.3. The van der Waals surface area contributed by atoms with Crippen LogP contribution in [0.15, 0.2) is 30.3 Å². The molecule has 1 aromatic rings. The van der Waals surface area contributed by atoms with E-state index < -0.39 is 6.09 Å². The Kier molecular flexibility index (Phi) is 7.47. The molecule has 19 heavy (non-hydrogen) atoms. The molecule has 0 N–H and O–H groups in total. The van der Waals surface area contributed by atoms with Crippen LogP contribution in [0.5, 0.6) is 5.75 Å². The van der Waals surface area contributed by atoms with Crippen LogP contribution in [-0.2, 0) is 4.74 Å². The second-order valence-electron chi connectivity index (χ2n) is 4.27. The lowest BCUT2D eigenvalue weighted by atomic mass is 10.2. The van der Waals surface area contributed by atoms with E-state index in [1.807, 2.05) is 30.3 Å². The van der Waals surface area contributed by atoms with Gasteiger partial charge in [0.15, 0.2) is 5.75 Å². The summed E-state index contributed by atoms with van der Waals surface area (Å²) in [6, 6.07) is 9.28. The SMILES string of the molecule is CCCCCCN(Oc1ccccc1)C(=O)OCC. The number of nitrogens with zero attached hydrogens (tertiary/aromatic N) is 1. The Balaban J connectivity index is 2.51. The fourth-order valence-corrected chi connectivity index (χ4v) is 1.66. The Morgan fingerprint density at radius 2 is 1.84 bits per heavy atom.